The van der Waals surface area contributed by atoms with E-state index in [1.807, 2.05) is 6.07 Å². The van der Waals surface area contributed by atoms with E-state index >= 15 is 0 Å². The molecule has 0 bridgehead atoms. The lowest BCUT2D eigenvalue weighted by molar-refractivity contribution is -0.0140. The van der Waals surface area contributed by atoms with E-state index in [4.69, 9.17) is 9.25 Å². The second kappa shape index (κ2) is 7.45. The van der Waals surface area contributed by atoms with Gasteiger partial charge in [-0.2, -0.15) is 0 Å². The molecule has 1 saturated carbocycles. The van der Waals surface area contributed by atoms with Crippen LogP contribution in [0.5, 0.6) is 0 Å². The van der Waals surface area contributed by atoms with Gasteiger partial charge in [0.2, 0.25) is 0 Å². The molecule has 1 aromatic rings. The highest BCUT2D eigenvalue weighted by molar-refractivity contribution is 5.90. The number of nitrogens with zero attached hydrogens (tertiary/aromatic N) is 1. The fourth-order valence-corrected chi connectivity index (χ4v) is 2.45. The van der Waals surface area contributed by atoms with Crippen LogP contribution in [0.4, 0.5) is 0 Å². The normalized spacial score (nSPS) is 15.9. The fourth-order valence-electron chi connectivity index (χ4n) is 2.45. The van der Waals surface area contributed by atoms with Crippen molar-refractivity contribution < 1.29 is 14.0 Å². The largest absolute Gasteiger partial charge is 0.454 e. The highest BCUT2D eigenvalue weighted by atomic mass is 16.7. The van der Waals surface area contributed by atoms with Crippen LogP contribution in [0.2, 0.25) is 0 Å². The Kier molecular flexibility index (Phi) is 5.61. The third-order valence-corrected chi connectivity index (χ3v) is 3.78. The van der Waals surface area contributed by atoms with Crippen LogP contribution in [-0.4, -0.2) is 30.0 Å². The van der Waals surface area contributed by atoms with E-state index in [1.54, 1.807) is 6.07 Å². The van der Waals surface area contributed by atoms with Gasteiger partial charge in [-0.1, -0.05) is 26.7 Å². The number of hydroxylamine groups is 1. The Morgan fingerprint density at radius 3 is 2.70 bits per heavy atom. The Morgan fingerprint density at radius 1 is 1.35 bits per heavy atom. The summed E-state index contributed by atoms with van der Waals surface area (Å²) in [5.74, 6) is 0.813. The van der Waals surface area contributed by atoms with E-state index in [1.165, 1.54) is 12.8 Å². The van der Waals surface area contributed by atoms with Crippen molar-refractivity contribution in [3.05, 3.63) is 23.7 Å². The molecule has 0 aromatic carbocycles. The lowest BCUT2D eigenvalue weighted by Gasteiger charge is -2.15. The Balaban J connectivity index is 1.82. The molecule has 0 aliphatic heterocycles. The first-order valence-electron chi connectivity index (χ1n) is 7.50. The Labute approximate surface area is 120 Å². The number of furan rings is 1. The van der Waals surface area contributed by atoms with E-state index in [0.717, 1.165) is 38.2 Å². The van der Waals surface area contributed by atoms with Crippen LogP contribution in [0.15, 0.2) is 16.5 Å². The van der Waals surface area contributed by atoms with Gasteiger partial charge in [-0.25, -0.2) is 5.48 Å². The molecule has 0 radical (unpaired) electrons. The van der Waals surface area contributed by atoms with Gasteiger partial charge < -0.3 is 4.42 Å². The summed E-state index contributed by atoms with van der Waals surface area (Å²) in [6.07, 6.45) is 4.55. The molecule has 0 atom stereocenters. The van der Waals surface area contributed by atoms with Gasteiger partial charge in [0.15, 0.2) is 5.76 Å². The molecule has 1 aromatic heterocycles. The predicted molar refractivity (Wildman–Crippen MR) is 76.1 cm³/mol. The van der Waals surface area contributed by atoms with Crippen LogP contribution < -0.4 is 5.48 Å². The summed E-state index contributed by atoms with van der Waals surface area (Å²) in [6.45, 7) is 6.86. The zero-order chi connectivity index (χ0) is 14.4. The summed E-state index contributed by atoms with van der Waals surface area (Å²) in [7, 11) is 0. The second-order valence-electron chi connectivity index (χ2n) is 5.18. The molecule has 5 heteroatoms. The summed E-state index contributed by atoms with van der Waals surface area (Å²) in [5, 5.41) is 0. The maximum Gasteiger partial charge on any atom is 0.310 e. The predicted octanol–water partition coefficient (Wildman–Crippen LogP) is 2.73. The average molecular weight is 280 g/mol. The molecule has 2 rings (SSSR count). The zero-order valence-electron chi connectivity index (χ0n) is 12.4. The smallest absolute Gasteiger partial charge is 0.310 e. The van der Waals surface area contributed by atoms with Gasteiger partial charge in [0, 0.05) is 0 Å². The number of amides is 1. The number of carbonyl (C=O) groups excluding carboxylic acids is 1. The summed E-state index contributed by atoms with van der Waals surface area (Å²) in [5.41, 5.74) is 2.49. The SMILES string of the molecule is CCN(CC)Cc1ccc(C(=O)NOC2CCCC2)o1. The van der Waals surface area contributed by atoms with E-state index < -0.39 is 0 Å². The van der Waals surface area contributed by atoms with Gasteiger partial charge in [-0.15, -0.1) is 0 Å². The van der Waals surface area contributed by atoms with E-state index in [0.29, 0.717) is 5.76 Å². The van der Waals surface area contributed by atoms with Crippen molar-refractivity contribution in [1.29, 1.82) is 0 Å². The first-order chi connectivity index (χ1) is 9.72. The van der Waals surface area contributed by atoms with Crippen LogP contribution in [0.3, 0.4) is 0 Å². The summed E-state index contributed by atoms with van der Waals surface area (Å²) < 4.78 is 5.56. The average Bonchev–Trinajstić information content (AvgIpc) is 3.13. The van der Waals surface area contributed by atoms with Crippen LogP contribution in [-0.2, 0) is 11.4 Å². The molecule has 1 N–H and O–H groups in total. The molecule has 5 nitrogen and oxygen atoms in total. The van der Waals surface area contributed by atoms with E-state index in [2.05, 4.69) is 24.2 Å². The maximum atomic E-state index is 11.9. The molecule has 1 heterocycles. The minimum atomic E-state index is -0.303. The first kappa shape index (κ1) is 15.1. The fraction of sp³-hybridized carbons (Fsp3) is 0.667. The van der Waals surface area contributed by atoms with Gasteiger partial charge in [0.05, 0.1) is 12.6 Å². The number of hydrogen-bond donors (Lipinski definition) is 1. The standard InChI is InChI=1S/C15H24N2O3/c1-3-17(4-2)11-13-9-10-14(19-13)15(18)16-20-12-7-5-6-8-12/h9-10,12H,3-8,11H2,1-2H3,(H,16,18). The molecular weight excluding hydrogens is 256 g/mol. The lowest BCUT2D eigenvalue weighted by atomic mass is 10.3. The topological polar surface area (TPSA) is 54.7 Å². The molecule has 1 amide bonds. The molecular formula is C15H24N2O3. The lowest BCUT2D eigenvalue weighted by Crippen LogP contribution is -2.28. The third kappa shape index (κ3) is 4.08. The van der Waals surface area contributed by atoms with Crippen LogP contribution >= 0.6 is 0 Å². The Hall–Kier alpha value is -1.33. The molecule has 1 aliphatic rings. The minimum Gasteiger partial charge on any atom is -0.454 e. The second-order valence-corrected chi connectivity index (χ2v) is 5.18. The first-order valence-corrected chi connectivity index (χ1v) is 7.50. The number of hydrogen-bond acceptors (Lipinski definition) is 4. The van der Waals surface area contributed by atoms with Crippen LogP contribution in [0.25, 0.3) is 0 Å². The molecule has 0 unspecified atom stereocenters. The Morgan fingerprint density at radius 2 is 2.05 bits per heavy atom. The van der Waals surface area contributed by atoms with Gasteiger partial charge in [0.1, 0.15) is 5.76 Å². The molecule has 20 heavy (non-hydrogen) atoms. The highest BCUT2D eigenvalue weighted by Gasteiger charge is 2.18. The summed E-state index contributed by atoms with van der Waals surface area (Å²) in [6, 6.07) is 3.55. The Bertz CT molecular complexity index is 421. The van der Waals surface area contributed by atoms with Gasteiger partial charge in [0.25, 0.3) is 0 Å². The minimum absolute atomic E-state index is 0.157. The molecule has 1 fully saturated rings. The van der Waals surface area contributed by atoms with Crippen molar-refractivity contribution in [1.82, 2.24) is 10.4 Å². The number of nitrogens with one attached hydrogen (secondary N) is 1. The zero-order valence-corrected chi connectivity index (χ0v) is 12.4. The van der Waals surface area contributed by atoms with Gasteiger partial charge in [-0.3, -0.25) is 14.5 Å². The van der Waals surface area contributed by atoms with Crippen LogP contribution in [0.1, 0.15) is 55.8 Å². The molecule has 0 saturated heterocycles. The molecule has 1 aliphatic carbocycles. The van der Waals surface area contributed by atoms with Crippen molar-refractivity contribution in [2.24, 2.45) is 0 Å². The summed E-state index contributed by atoms with van der Waals surface area (Å²) in [4.78, 5) is 19.5. The van der Waals surface area contributed by atoms with Crippen molar-refractivity contribution in [3.63, 3.8) is 0 Å². The van der Waals surface area contributed by atoms with Crippen LogP contribution in [0, 0.1) is 0 Å². The van der Waals surface area contributed by atoms with Crippen molar-refractivity contribution in [3.8, 4) is 0 Å². The third-order valence-electron chi connectivity index (χ3n) is 3.78. The van der Waals surface area contributed by atoms with Crippen molar-refractivity contribution in [2.45, 2.75) is 52.2 Å². The van der Waals surface area contributed by atoms with E-state index in [-0.39, 0.29) is 12.0 Å². The summed E-state index contributed by atoms with van der Waals surface area (Å²) >= 11 is 0. The van der Waals surface area contributed by atoms with Crippen molar-refractivity contribution in [2.75, 3.05) is 13.1 Å². The maximum absolute atomic E-state index is 11.9. The number of rotatable bonds is 7. The molecule has 0 spiro atoms. The molecule has 112 valence electrons. The number of carbonyl (C=O) groups is 1. The van der Waals surface area contributed by atoms with Crippen molar-refractivity contribution >= 4 is 5.91 Å². The highest BCUT2D eigenvalue weighted by Crippen LogP contribution is 2.20. The van der Waals surface area contributed by atoms with Gasteiger partial charge in [-0.05, 0) is 38.1 Å². The monoisotopic (exact) mass is 280 g/mol. The van der Waals surface area contributed by atoms with E-state index in [9.17, 15) is 4.79 Å². The van der Waals surface area contributed by atoms with Gasteiger partial charge >= 0.3 is 5.91 Å². The quantitative estimate of drug-likeness (QED) is 0.780.